The first-order chi connectivity index (χ1) is 23.4. The summed E-state index contributed by atoms with van der Waals surface area (Å²) in [6.45, 7) is 2.15. The van der Waals surface area contributed by atoms with Crippen molar-refractivity contribution in [1.29, 1.82) is 0 Å². The van der Waals surface area contributed by atoms with Crippen molar-refractivity contribution in [3.05, 3.63) is 56.5 Å². The van der Waals surface area contributed by atoms with E-state index in [-0.39, 0.29) is 54.9 Å². The summed E-state index contributed by atoms with van der Waals surface area (Å²) < 4.78 is 114. The fraction of sp³-hybridized carbons (Fsp3) is 0.452. The lowest BCUT2D eigenvalue weighted by Gasteiger charge is -2.30. The molecule has 4 aromatic rings. The molecule has 5 rings (SSSR count). The number of thiazole rings is 1. The molecule has 0 aliphatic heterocycles. The summed E-state index contributed by atoms with van der Waals surface area (Å²) in [7, 11) is 1.39. The van der Waals surface area contributed by atoms with Gasteiger partial charge in [0.15, 0.2) is 12.3 Å². The van der Waals surface area contributed by atoms with Crippen LogP contribution in [-0.2, 0) is 19.8 Å². The van der Waals surface area contributed by atoms with Crippen molar-refractivity contribution in [3.63, 3.8) is 0 Å². The fourth-order valence-corrected chi connectivity index (χ4v) is 6.46. The topological polar surface area (TPSA) is 123 Å². The van der Waals surface area contributed by atoms with Crippen LogP contribution in [0.1, 0.15) is 67.5 Å². The number of pyridine rings is 1. The summed E-state index contributed by atoms with van der Waals surface area (Å²) in [5.41, 5.74) is -1.02. The van der Waals surface area contributed by atoms with Crippen LogP contribution in [-0.4, -0.2) is 56.6 Å². The van der Waals surface area contributed by atoms with Crippen LogP contribution in [0.15, 0.2) is 24.3 Å². The minimum absolute atomic E-state index is 0.0162. The third kappa shape index (κ3) is 8.42. The minimum atomic E-state index is -4.80. The van der Waals surface area contributed by atoms with E-state index in [2.05, 4.69) is 30.9 Å². The molecule has 0 atom stereocenters. The second-order valence-corrected chi connectivity index (χ2v) is 13.0. The number of rotatable bonds is 10. The zero-order valence-electron chi connectivity index (χ0n) is 26.7. The molecule has 1 aromatic carbocycles. The van der Waals surface area contributed by atoms with Gasteiger partial charge < -0.3 is 20.7 Å². The van der Waals surface area contributed by atoms with Crippen molar-refractivity contribution in [1.82, 2.24) is 30.2 Å². The molecule has 19 heteroatoms. The number of fused-ring (bicyclic) bond motifs is 1. The molecule has 50 heavy (non-hydrogen) atoms. The Morgan fingerprint density at radius 1 is 1.00 bits per heavy atom. The van der Waals surface area contributed by atoms with Crippen LogP contribution in [0.4, 0.5) is 46.8 Å². The summed E-state index contributed by atoms with van der Waals surface area (Å²) in [5.74, 6) is -3.47. The highest BCUT2D eigenvalue weighted by molar-refractivity contribution is 7.13. The van der Waals surface area contributed by atoms with Gasteiger partial charge in [-0.3, -0.25) is 14.2 Å². The molecule has 0 saturated heterocycles. The second-order valence-electron chi connectivity index (χ2n) is 11.8. The van der Waals surface area contributed by atoms with E-state index >= 15 is 0 Å². The Kier molecular flexibility index (Phi) is 10.5. The van der Waals surface area contributed by atoms with Gasteiger partial charge >= 0.3 is 12.4 Å². The van der Waals surface area contributed by atoms with Gasteiger partial charge in [0.2, 0.25) is 11.8 Å². The number of ether oxygens (including phenoxy) is 1. The lowest BCUT2D eigenvalue weighted by molar-refractivity contribution is -0.182. The van der Waals surface area contributed by atoms with Gasteiger partial charge in [0, 0.05) is 19.6 Å². The molecular weight excluding hydrogens is 702 g/mol. The predicted octanol–water partition coefficient (Wildman–Crippen LogP) is 7.23. The van der Waals surface area contributed by atoms with Crippen molar-refractivity contribution in [2.45, 2.75) is 70.9 Å². The first-order valence-electron chi connectivity index (χ1n) is 15.3. The van der Waals surface area contributed by atoms with E-state index in [0.29, 0.717) is 21.1 Å². The first kappa shape index (κ1) is 36.7. The van der Waals surface area contributed by atoms with Crippen LogP contribution in [0.2, 0.25) is 0 Å². The smallest absolute Gasteiger partial charge is 0.418 e. The lowest BCUT2D eigenvalue weighted by Crippen LogP contribution is -2.40. The molecule has 0 unspecified atom stereocenters. The van der Waals surface area contributed by atoms with Gasteiger partial charge in [-0.25, -0.2) is 18.7 Å². The maximum atomic E-state index is 14.1. The molecule has 1 saturated carbocycles. The summed E-state index contributed by atoms with van der Waals surface area (Å²) >= 11 is 1.18. The van der Waals surface area contributed by atoms with E-state index in [4.69, 9.17) is 4.74 Å². The monoisotopic (exact) mass is 733 g/mol. The minimum Gasteiger partial charge on any atom is -0.471 e. The molecule has 0 spiro atoms. The van der Waals surface area contributed by atoms with Crippen molar-refractivity contribution in [2.24, 2.45) is 13.0 Å². The Hall–Kier alpha value is -4.55. The number of aryl methyl sites for hydroxylation is 3. The number of amides is 2. The zero-order valence-corrected chi connectivity index (χ0v) is 27.5. The highest BCUT2D eigenvalue weighted by Crippen LogP contribution is 2.39. The lowest BCUT2D eigenvalue weighted by atomic mass is 9.85. The molecule has 0 bridgehead atoms. The standard InChI is InChI=1S/C31H31F8N7O3S/c1-14-24(50-15(2)41-14)27(48)40-12-16-4-9-20(31(37,38)39)21(10-16)43-29-44-22-11-19(28(49-13-23(32)33)45-25(22)46(29)3)26(47)42-18-7-5-17(6-8-18)30(34,35)36/h4,9-11,17-18,23H,5-8,12-13H2,1-3H3,(H,40,48)(H,42,47)(H,43,44). The SMILES string of the molecule is Cc1nc(C)c(C(=O)NCc2ccc(C(F)(F)F)c(Nc3nc4cc(C(=O)NC5CCC(C(F)(F)F)CC5)c(OCC(F)F)nc4n3C)c2)s1. The largest absolute Gasteiger partial charge is 0.471 e. The van der Waals surface area contributed by atoms with Crippen LogP contribution < -0.4 is 20.7 Å². The number of halogens is 8. The van der Waals surface area contributed by atoms with Crippen LogP contribution in [0.25, 0.3) is 11.2 Å². The Morgan fingerprint density at radius 2 is 1.70 bits per heavy atom. The molecule has 1 fully saturated rings. The van der Waals surface area contributed by atoms with Gasteiger partial charge in [0.1, 0.15) is 16.0 Å². The summed E-state index contributed by atoms with van der Waals surface area (Å²) in [6, 6.07) is 3.76. The van der Waals surface area contributed by atoms with Crippen LogP contribution in [0.5, 0.6) is 5.88 Å². The van der Waals surface area contributed by atoms with E-state index < -0.39 is 66.3 Å². The number of hydrogen-bond acceptors (Lipinski definition) is 8. The highest BCUT2D eigenvalue weighted by atomic mass is 32.1. The molecule has 270 valence electrons. The number of carbonyl (C=O) groups excluding carboxylic acids is 2. The average molecular weight is 734 g/mol. The van der Waals surface area contributed by atoms with Gasteiger partial charge in [-0.05, 0) is 63.3 Å². The Morgan fingerprint density at radius 3 is 2.30 bits per heavy atom. The molecule has 3 N–H and O–H groups in total. The van der Waals surface area contributed by atoms with Crippen LogP contribution >= 0.6 is 11.3 Å². The number of alkyl halides is 8. The first-order valence-corrected chi connectivity index (χ1v) is 16.1. The number of benzene rings is 1. The van der Waals surface area contributed by atoms with E-state index in [1.165, 1.54) is 35.1 Å². The maximum absolute atomic E-state index is 14.1. The molecule has 1 aliphatic rings. The van der Waals surface area contributed by atoms with Crippen molar-refractivity contribution in [3.8, 4) is 5.88 Å². The molecule has 0 radical (unpaired) electrons. The maximum Gasteiger partial charge on any atom is 0.418 e. The van der Waals surface area contributed by atoms with Gasteiger partial charge in [-0.1, -0.05) is 6.07 Å². The molecule has 2 amide bonds. The number of hydrogen-bond donors (Lipinski definition) is 3. The van der Waals surface area contributed by atoms with Gasteiger partial charge in [0.05, 0.1) is 27.9 Å². The van der Waals surface area contributed by atoms with E-state index in [9.17, 15) is 44.7 Å². The third-order valence-electron chi connectivity index (χ3n) is 8.12. The Balaban J connectivity index is 1.42. The number of nitrogens with one attached hydrogen (secondary N) is 3. The molecule has 3 heterocycles. The second kappa shape index (κ2) is 14.4. The quantitative estimate of drug-likeness (QED) is 0.147. The van der Waals surface area contributed by atoms with Crippen LogP contribution in [0, 0.1) is 19.8 Å². The highest BCUT2D eigenvalue weighted by Gasteiger charge is 2.42. The van der Waals surface area contributed by atoms with Crippen molar-refractivity contribution in [2.75, 3.05) is 11.9 Å². The Bertz CT molecular complexity index is 1880. The fourth-order valence-electron chi connectivity index (χ4n) is 5.63. The average Bonchev–Trinajstić information content (AvgIpc) is 3.53. The number of carbonyl (C=O) groups is 2. The van der Waals surface area contributed by atoms with Crippen molar-refractivity contribution >= 4 is 46.0 Å². The van der Waals surface area contributed by atoms with Gasteiger partial charge in [0.25, 0.3) is 18.2 Å². The summed E-state index contributed by atoms with van der Waals surface area (Å²) in [4.78, 5) is 38.9. The number of nitrogens with zero attached hydrogens (tertiary/aromatic N) is 4. The van der Waals surface area contributed by atoms with Gasteiger partial charge in [-0.15, -0.1) is 11.3 Å². The zero-order chi connectivity index (χ0) is 36.5. The van der Waals surface area contributed by atoms with Gasteiger partial charge in [-0.2, -0.15) is 31.3 Å². The summed E-state index contributed by atoms with van der Waals surface area (Å²) in [6.07, 6.45) is -12.4. The predicted molar refractivity (Wildman–Crippen MR) is 167 cm³/mol. The molecule has 10 nitrogen and oxygen atoms in total. The van der Waals surface area contributed by atoms with E-state index in [0.717, 1.165) is 12.1 Å². The molecular formula is C31H31F8N7O3S. The number of aromatic nitrogens is 4. The van der Waals surface area contributed by atoms with E-state index in [1.54, 1.807) is 13.8 Å². The normalized spacial score (nSPS) is 16.9. The summed E-state index contributed by atoms with van der Waals surface area (Å²) in [5, 5.41) is 8.58. The number of imidazole rings is 1. The van der Waals surface area contributed by atoms with Crippen molar-refractivity contribution < 1.29 is 49.4 Å². The number of anilines is 2. The molecule has 3 aromatic heterocycles. The van der Waals surface area contributed by atoms with E-state index in [1.807, 2.05) is 0 Å². The molecule has 1 aliphatic carbocycles. The third-order valence-corrected chi connectivity index (χ3v) is 9.20. The Labute approximate surface area is 283 Å². The van der Waals surface area contributed by atoms with Crippen LogP contribution in [0.3, 0.4) is 0 Å².